The van der Waals surface area contributed by atoms with E-state index >= 15 is 0 Å². The molecule has 0 unspecified atom stereocenters. The van der Waals surface area contributed by atoms with E-state index < -0.39 is 17.8 Å². The molecule has 2 amide bonds. The van der Waals surface area contributed by atoms with E-state index in [0.717, 1.165) is 5.56 Å². The number of carbonyl (C=O) groups excluding carboxylic acids is 2. The van der Waals surface area contributed by atoms with Gasteiger partial charge in [-0.1, -0.05) is 24.3 Å². The third kappa shape index (κ3) is 5.17. The van der Waals surface area contributed by atoms with Crippen molar-refractivity contribution in [2.24, 2.45) is 0 Å². The quantitative estimate of drug-likeness (QED) is 0.348. The highest BCUT2D eigenvalue weighted by Crippen LogP contribution is 2.21. The molecular weight excluding hydrogens is 467 g/mol. The van der Waals surface area contributed by atoms with Gasteiger partial charge in [0.15, 0.2) is 5.69 Å². The number of carboxylic acids is 1. The maximum Gasteiger partial charge on any atom is 0.335 e. The molecule has 9 nitrogen and oxygen atoms in total. The number of ether oxygens (including phenoxy) is 1. The molecule has 0 radical (unpaired) electrons. The van der Waals surface area contributed by atoms with Crippen LogP contribution in [-0.4, -0.2) is 39.4 Å². The molecule has 0 aliphatic heterocycles. The predicted octanol–water partition coefficient (Wildman–Crippen LogP) is 3.35. The smallest absolute Gasteiger partial charge is 0.335 e. The lowest BCUT2D eigenvalue weighted by atomic mass is 10.1. The minimum Gasteiger partial charge on any atom is -0.494 e. The van der Waals surface area contributed by atoms with Crippen LogP contribution in [0.15, 0.2) is 60.8 Å². The number of hydrogen-bond acceptors (Lipinski definition) is 5. The third-order valence-electron chi connectivity index (χ3n) is 5.59. The number of hydrogen-bond donors (Lipinski definition) is 3. The Hall–Kier alpha value is -4.73. The molecule has 0 saturated heterocycles. The van der Waals surface area contributed by atoms with Gasteiger partial charge in [-0.05, 0) is 53.9 Å². The summed E-state index contributed by atoms with van der Waals surface area (Å²) >= 11 is 0. The van der Waals surface area contributed by atoms with E-state index in [1.165, 1.54) is 35.9 Å². The Morgan fingerprint density at radius 1 is 0.972 bits per heavy atom. The van der Waals surface area contributed by atoms with E-state index in [0.29, 0.717) is 16.8 Å². The van der Waals surface area contributed by atoms with Crippen molar-refractivity contribution in [1.82, 2.24) is 20.0 Å². The van der Waals surface area contributed by atoms with Crippen LogP contribution in [-0.2, 0) is 13.1 Å². The summed E-state index contributed by atoms with van der Waals surface area (Å²) in [6.07, 6.45) is 1.44. The Bertz CT molecular complexity index is 1460. The van der Waals surface area contributed by atoms with Crippen molar-refractivity contribution in [3.05, 3.63) is 100 Å². The first-order valence-corrected chi connectivity index (χ1v) is 11.0. The second-order valence-electron chi connectivity index (χ2n) is 8.06. The second kappa shape index (κ2) is 10.3. The lowest BCUT2D eigenvalue weighted by molar-refractivity contribution is 0.0696. The van der Waals surface area contributed by atoms with Gasteiger partial charge in [-0.25, -0.2) is 14.2 Å². The molecule has 4 rings (SSSR count). The fourth-order valence-electron chi connectivity index (χ4n) is 3.66. The number of benzene rings is 2. The molecule has 0 atom stereocenters. The molecule has 3 N–H and O–H groups in total. The number of aromatic carboxylic acids is 1. The number of amides is 2. The minimum atomic E-state index is -1.03. The molecule has 184 valence electrons. The van der Waals surface area contributed by atoms with Crippen molar-refractivity contribution >= 4 is 23.4 Å². The standard InChI is InChI=1S/C26H23FN4O5/c1-15-11-17(5-8-19(15)27)13-28-24(32)20-14-31-22(30-20)10-9-21(36-2)23(31)25(33)29-12-16-3-6-18(7-4-16)26(34)35/h3-11,14H,12-13H2,1-2H3,(H,28,32)(H,29,33)(H,34,35). The second-order valence-corrected chi connectivity index (χ2v) is 8.06. The number of carboxylic acid groups (broad SMARTS) is 1. The number of fused-ring (bicyclic) bond motifs is 1. The summed E-state index contributed by atoms with van der Waals surface area (Å²) < 4.78 is 20.3. The number of aromatic nitrogens is 2. The third-order valence-corrected chi connectivity index (χ3v) is 5.59. The largest absolute Gasteiger partial charge is 0.494 e. The monoisotopic (exact) mass is 490 g/mol. The van der Waals surface area contributed by atoms with Gasteiger partial charge < -0.3 is 20.5 Å². The van der Waals surface area contributed by atoms with Gasteiger partial charge in [-0.3, -0.25) is 14.0 Å². The fourth-order valence-corrected chi connectivity index (χ4v) is 3.66. The SMILES string of the molecule is COc1ccc2nc(C(=O)NCc3ccc(F)c(C)c3)cn2c1C(=O)NCc1ccc(C(=O)O)cc1. The lowest BCUT2D eigenvalue weighted by Crippen LogP contribution is -2.25. The van der Waals surface area contributed by atoms with Crippen molar-refractivity contribution in [3.8, 4) is 5.75 Å². The van der Waals surface area contributed by atoms with Gasteiger partial charge in [-0.2, -0.15) is 0 Å². The van der Waals surface area contributed by atoms with Gasteiger partial charge >= 0.3 is 5.97 Å². The molecule has 2 heterocycles. The van der Waals surface area contributed by atoms with Crippen LogP contribution in [0.2, 0.25) is 0 Å². The summed E-state index contributed by atoms with van der Waals surface area (Å²) in [5.74, 6) is -1.99. The molecule has 2 aromatic carbocycles. The van der Waals surface area contributed by atoms with E-state index in [1.54, 1.807) is 43.3 Å². The molecule has 0 fully saturated rings. The summed E-state index contributed by atoms with van der Waals surface area (Å²) in [5.41, 5.74) is 2.70. The molecule has 4 aromatic rings. The summed E-state index contributed by atoms with van der Waals surface area (Å²) in [7, 11) is 1.43. The minimum absolute atomic E-state index is 0.0976. The number of halogens is 1. The first kappa shape index (κ1) is 24.4. The molecule has 2 aromatic heterocycles. The Labute approximate surface area is 205 Å². The van der Waals surface area contributed by atoms with E-state index in [1.807, 2.05) is 0 Å². The van der Waals surface area contributed by atoms with Crippen LogP contribution in [0.3, 0.4) is 0 Å². The number of imidazole rings is 1. The van der Waals surface area contributed by atoms with E-state index in [2.05, 4.69) is 15.6 Å². The molecule has 0 aliphatic carbocycles. The van der Waals surface area contributed by atoms with Crippen LogP contribution in [0.4, 0.5) is 4.39 Å². The first-order chi connectivity index (χ1) is 17.3. The van der Waals surface area contributed by atoms with Gasteiger partial charge in [-0.15, -0.1) is 0 Å². The highest BCUT2D eigenvalue weighted by atomic mass is 19.1. The molecular formula is C26H23FN4O5. The van der Waals surface area contributed by atoms with Crippen LogP contribution < -0.4 is 15.4 Å². The molecule has 10 heteroatoms. The maximum absolute atomic E-state index is 13.5. The van der Waals surface area contributed by atoms with E-state index in [-0.39, 0.29) is 41.6 Å². The number of nitrogens with zero attached hydrogens (tertiary/aromatic N) is 2. The molecule has 0 spiro atoms. The Kier molecular flexibility index (Phi) is 6.95. The Morgan fingerprint density at radius 2 is 1.64 bits per heavy atom. The van der Waals surface area contributed by atoms with Gasteiger partial charge in [0.05, 0.1) is 12.7 Å². The number of carbonyl (C=O) groups is 3. The maximum atomic E-state index is 13.5. The highest BCUT2D eigenvalue weighted by molar-refractivity contribution is 5.97. The average molecular weight is 490 g/mol. The van der Waals surface area contributed by atoms with Crippen LogP contribution in [0.25, 0.3) is 5.65 Å². The number of nitrogens with one attached hydrogen (secondary N) is 2. The zero-order valence-corrected chi connectivity index (χ0v) is 19.5. The molecule has 0 saturated carbocycles. The summed E-state index contributed by atoms with van der Waals surface area (Å²) in [4.78, 5) is 41.1. The van der Waals surface area contributed by atoms with Gasteiger partial charge in [0.25, 0.3) is 11.8 Å². The number of aryl methyl sites for hydroxylation is 1. The summed E-state index contributed by atoms with van der Waals surface area (Å²) in [6.45, 7) is 1.98. The number of rotatable bonds is 8. The molecule has 0 aliphatic rings. The topological polar surface area (TPSA) is 122 Å². The Balaban J connectivity index is 1.52. The van der Waals surface area contributed by atoms with Crippen LogP contribution in [0.5, 0.6) is 5.75 Å². The lowest BCUT2D eigenvalue weighted by Gasteiger charge is -2.11. The first-order valence-electron chi connectivity index (χ1n) is 11.0. The van der Waals surface area contributed by atoms with Gasteiger partial charge in [0, 0.05) is 19.3 Å². The zero-order valence-electron chi connectivity index (χ0n) is 19.5. The summed E-state index contributed by atoms with van der Waals surface area (Å²) in [6, 6.07) is 13.9. The van der Waals surface area contributed by atoms with Crippen molar-refractivity contribution < 1.29 is 28.6 Å². The number of methoxy groups -OCH3 is 1. The van der Waals surface area contributed by atoms with Crippen LogP contribution in [0, 0.1) is 12.7 Å². The van der Waals surface area contributed by atoms with Gasteiger partial charge in [0.2, 0.25) is 0 Å². The highest BCUT2D eigenvalue weighted by Gasteiger charge is 2.20. The van der Waals surface area contributed by atoms with E-state index in [4.69, 9.17) is 9.84 Å². The van der Waals surface area contributed by atoms with Crippen molar-refractivity contribution in [1.29, 1.82) is 0 Å². The van der Waals surface area contributed by atoms with Crippen molar-refractivity contribution in [2.45, 2.75) is 20.0 Å². The van der Waals surface area contributed by atoms with Crippen LogP contribution >= 0.6 is 0 Å². The average Bonchev–Trinajstić information content (AvgIpc) is 3.32. The van der Waals surface area contributed by atoms with Crippen molar-refractivity contribution in [2.75, 3.05) is 7.11 Å². The number of pyridine rings is 1. The van der Waals surface area contributed by atoms with Crippen molar-refractivity contribution in [3.63, 3.8) is 0 Å². The normalized spacial score (nSPS) is 10.8. The molecule has 36 heavy (non-hydrogen) atoms. The van der Waals surface area contributed by atoms with Gasteiger partial charge in [0.1, 0.15) is 22.9 Å². The predicted molar refractivity (Wildman–Crippen MR) is 129 cm³/mol. The fraction of sp³-hybridized carbons (Fsp3) is 0.154. The van der Waals surface area contributed by atoms with Crippen LogP contribution in [0.1, 0.15) is 48.0 Å². The zero-order chi connectivity index (χ0) is 25.8. The Morgan fingerprint density at radius 3 is 2.31 bits per heavy atom. The summed E-state index contributed by atoms with van der Waals surface area (Å²) in [5, 5.41) is 14.5. The van der Waals surface area contributed by atoms with E-state index in [9.17, 15) is 18.8 Å². The molecule has 0 bridgehead atoms.